The van der Waals surface area contributed by atoms with Gasteiger partial charge in [0.15, 0.2) is 0 Å². The summed E-state index contributed by atoms with van der Waals surface area (Å²) in [6.07, 6.45) is 9.63. The Hall–Kier alpha value is -2.49. The summed E-state index contributed by atoms with van der Waals surface area (Å²) in [5.74, 6) is 0.779. The van der Waals surface area contributed by atoms with Crippen molar-refractivity contribution in [3.05, 3.63) is 113 Å². The van der Waals surface area contributed by atoms with Gasteiger partial charge in [-0.25, -0.2) is 15.0 Å². The van der Waals surface area contributed by atoms with Gasteiger partial charge in [0, 0.05) is 43.5 Å². The Morgan fingerprint density at radius 1 is 0.744 bits per heavy atom. The predicted octanol–water partition coefficient (Wildman–Crippen LogP) is 4.94. The molecule has 196 valence electrons. The third-order valence-corrected chi connectivity index (χ3v) is 5.91. The predicted molar refractivity (Wildman–Crippen MR) is 155 cm³/mol. The summed E-state index contributed by atoms with van der Waals surface area (Å²) in [6, 6.07) is 23.9. The average molecular weight is 592 g/mol. The number of rotatable bonds is 1. The van der Waals surface area contributed by atoms with Gasteiger partial charge in [-0.2, -0.15) is 4.98 Å². The SMILES string of the molecule is C1CCOC1.Clc1ccnc(Cl)n1.Clc1nccc(-n2ccc3ccccc32)n1.[H-].[Na+].c1ccc2[nH]ccc2c1. The van der Waals surface area contributed by atoms with E-state index in [-0.39, 0.29) is 41.6 Å². The number of fused-ring (bicyclic) bond motifs is 2. The number of hydrogen-bond acceptors (Lipinski definition) is 5. The third-order valence-electron chi connectivity index (χ3n) is 5.34. The molecule has 1 fully saturated rings. The second-order valence-electron chi connectivity index (χ2n) is 7.96. The Balaban J connectivity index is 0.000000200. The largest absolute Gasteiger partial charge is 1.00 e. The number of aromatic amines is 1. The number of H-pyrrole nitrogens is 1. The molecule has 1 N–H and O–H groups in total. The summed E-state index contributed by atoms with van der Waals surface area (Å²) >= 11 is 16.5. The molecule has 1 aliphatic rings. The Morgan fingerprint density at radius 3 is 2.03 bits per heavy atom. The quantitative estimate of drug-likeness (QED) is 0.166. The summed E-state index contributed by atoms with van der Waals surface area (Å²) in [5, 5.41) is 3.26. The first-order valence-electron chi connectivity index (χ1n) is 11.9. The molecule has 7 rings (SSSR count). The van der Waals surface area contributed by atoms with Crippen molar-refractivity contribution >= 4 is 56.6 Å². The van der Waals surface area contributed by atoms with Crippen LogP contribution in [-0.2, 0) is 4.74 Å². The van der Waals surface area contributed by atoms with Crippen molar-refractivity contribution in [3.8, 4) is 5.82 Å². The number of nitrogens with one attached hydrogen (secondary N) is 1. The molecule has 39 heavy (non-hydrogen) atoms. The van der Waals surface area contributed by atoms with Gasteiger partial charge in [0.2, 0.25) is 10.6 Å². The van der Waals surface area contributed by atoms with Gasteiger partial charge in [0.25, 0.3) is 0 Å². The summed E-state index contributed by atoms with van der Waals surface area (Å²) in [5.41, 5.74) is 2.31. The molecule has 0 spiro atoms. The minimum atomic E-state index is 0. The molecule has 0 aliphatic carbocycles. The molecule has 0 bridgehead atoms. The fraction of sp³-hybridized carbons (Fsp3) is 0.143. The third kappa shape index (κ3) is 9.89. The zero-order valence-electron chi connectivity index (χ0n) is 22.3. The van der Waals surface area contributed by atoms with Crippen molar-refractivity contribution in [1.82, 2.24) is 29.5 Å². The van der Waals surface area contributed by atoms with Crippen molar-refractivity contribution in [3.63, 3.8) is 0 Å². The first kappa shape index (κ1) is 31.0. The second-order valence-corrected chi connectivity index (χ2v) is 9.02. The van der Waals surface area contributed by atoms with Crippen LogP contribution in [-0.4, -0.2) is 42.7 Å². The van der Waals surface area contributed by atoms with Gasteiger partial charge >= 0.3 is 29.6 Å². The summed E-state index contributed by atoms with van der Waals surface area (Å²) < 4.78 is 6.93. The standard InChI is InChI=1S/C12H8ClN3.C8H7N.C4H2Cl2N2.C4H8O.Na.H/c13-12-14-7-5-11(15-12)16-8-6-9-3-1-2-4-10(9)16;1-2-4-8-7(3-1)5-6-9-8;5-3-1-2-7-4(6)8-3;1-2-4-5-3-1;;/h1-8H;1-6,9H;1-2H;1-4H2;;/q;;;;+1;-1. The normalized spacial score (nSPS) is 11.8. The van der Waals surface area contributed by atoms with Crippen LogP contribution in [0, 0.1) is 0 Å². The second kappa shape index (κ2) is 16.6. The Labute approximate surface area is 265 Å². The Kier molecular flexibility index (Phi) is 13.2. The van der Waals surface area contributed by atoms with Crippen LogP contribution in [0.1, 0.15) is 14.3 Å². The monoisotopic (exact) mass is 590 g/mol. The Morgan fingerprint density at radius 2 is 1.41 bits per heavy atom. The molecule has 1 aliphatic heterocycles. The van der Waals surface area contributed by atoms with Gasteiger partial charge in [-0.05, 0) is 83.2 Å². The Bertz CT molecular complexity index is 1520. The van der Waals surface area contributed by atoms with Gasteiger partial charge in [-0.3, -0.25) is 0 Å². The first-order valence-corrected chi connectivity index (χ1v) is 13.0. The van der Waals surface area contributed by atoms with E-state index in [2.05, 4.69) is 49.2 Å². The van der Waals surface area contributed by atoms with E-state index in [0.29, 0.717) is 5.15 Å². The van der Waals surface area contributed by atoms with Crippen LogP contribution in [0.2, 0.25) is 15.7 Å². The molecule has 7 nitrogen and oxygen atoms in total. The van der Waals surface area contributed by atoms with E-state index in [1.54, 1.807) is 12.3 Å². The molecule has 0 atom stereocenters. The van der Waals surface area contributed by atoms with Crippen LogP contribution in [0.5, 0.6) is 0 Å². The maximum absolute atomic E-state index is 5.78. The number of halogens is 3. The van der Waals surface area contributed by atoms with Crippen LogP contribution >= 0.6 is 34.8 Å². The van der Waals surface area contributed by atoms with Crippen molar-refractivity contribution in [2.45, 2.75) is 12.8 Å². The van der Waals surface area contributed by atoms with Crippen LogP contribution in [0.3, 0.4) is 0 Å². The average Bonchev–Trinajstić information content (AvgIpc) is 3.72. The van der Waals surface area contributed by atoms with Crippen LogP contribution < -0.4 is 29.6 Å². The summed E-state index contributed by atoms with van der Waals surface area (Å²) in [7, 11) is 0. The number of aromatic nitrogens is 6. The molecule has 4 aromatic heterocycles. The molecular weight excluding hydrogens is 566 g/mol. The van der Waals surface area contributed by atoms with Gasteiger partial charge in [-0.1, -0.05) is 48.0 Å². The van der Waals surface area contributed by atoms with E-state index >= 15 is 0 Å². The van der Waals surface area contributed by atoms with E-state index in [9.17, 15) is 0 Å². The minimum absolute atomic E-state index is 0. The molecule has 11 heteroatoms. The minimum Gasteiger partial charge on any atom is -1.00 e. The molecule has 6 aromatic rings. The summed E-state index contributed by atoms with van der Waals surface area (Å²) in [4.78, 5) is 18.4. The van der Waals surface area contributed by atoms with Crippen LogP contribution in [0.4, 0.5) is 0 Å². The number of ether oxygens (including phenoxy) is 1. The molecular formula is C28H26Cl3N6NaO. The van der Waals surface area contributed by atoms with E-state index in [1.807, 2.05) is 59.4 Å². The number of nitrogens with zero attached hydrogens (tertiary/aromatic N) is 5. The molecule has 1 saturated heterocycles. The topological polar surface area (TPSA) is 81.5 Å². The molecule has 0 unspecified atom stereocenters. The fourth-order valence-corrected chi connectivity index (χ4v) is 4.03. The van der Waals surface area contributed by atoms with Gasteiger partial charge in [-0.15, -0.1) is 0 Å². The molecule has 0 amide bonds. The molecule has 0 radical (unpaired) electrons. The van der Waals surface area contributed by atoms with Gasteiger partial charge in [0.1, 0.15) is 11.0 Å². The molecule has 0 saturated carbocycles. The van der Waals surface area contributed by atoms with E-state index in [1.165, 1.54) is 35.3 Å². The van der Waals surface area contributed by atoms with Crippen molar-refractivity contribution in [1.29, 1.82) is 0 Å². The van der Waals surface area contributed by atoms with Gasteiger partial charge < -0.3 is 15.7 Å². The first-order chi connectivity index (χ1) is 18.6. The zero-order valence-corrected chi connectivity index (χ0v) is 25.6. The van der Waals surface area contributed by atoms with Crippen molar-refractivity contribution in [2.75, 3.05) is 13.2 Å². The maximum atomic E-state index is 5.78. The summed E-state index contributed by atoms with van der Waals surface area (Å²) in [6.45, 7) is 2.00. The van der Waals surface area contributed by atoms with E-state index in [0.717, 1.165) is 24.5 Å². The van der Waals surface area contributed by atoms with Crippen LogP contribution in [0.25, 0.3) is 27.6 Å². The smallest absolute Gasteiger partial charge is 1.00 e. The van der Waals surface area contributed by atoms with Crippen molar-refractivity contribution in [2.24, 2.45) is 0 Å². The fourth-order valence-electron chi connectivity index (χ4n) is 3.56. The van der Waals surface area contributed by atoms with Crippen LogP contribution in [0.15, 0.2) is 97.6 Å². The number of benzene rings is 2. The number of para-hydroxylation sites is 2. The zero-order chi connectivity index (χ0) is 26.6. The van der Waals surface area contributed by atoms with Gasteiger partial charge in [0.05, 0.1) is 5.52 Å². The maximum Gasteiger partial charge on any atom is 1.00 e. The van der Waals surface area contributed by atoms with Crippen molar-refractivity contribution < 1.29 is 35.7 Å². The van der Waals surface area contributed by atoms with E-state index < -0.39 is 0 Å². The molecule has 5 heterocycles. The number of hydrogen-bond donors (Lipinski definition) is 1. The van der Waals surface area contributed by atoms with E-state index in [4.69, 9.17) is 39.5 Å². The molecule has 2 aromatic carbocycles.